The predicted octanol–water partition coefficient (Wildman–Crippen LogP) is 4.86. The number of aromatic nitrogens is 1. The molecule has 0 unspecified atom stereocenters. The maximum absolute atomic E-state index is 13.2. The van der Waals surface area contributed by atoms with Gasteiger partial charge in [-0.1, -0.05) is 36.4 Å². The van der Waals surface area contributed by atoms with E-state index in [9.17, 15) is 8.42 Å². The molecule has 0 amide bonds. The van der Waals surface area contributed by atoms with Crippen LogP contribution >= 0.6 is 11.3 Å². The molecule has 29 heavy (non-hydrogen) atoms. The number of thiophene rings is 1. The van der Waals surface area contributed by atoms with Crippen molar-refractivity contribution < 1.29 is 17.6 Å². The van der Waals surface area contributed by atoms with Crippen molar-refractivity contribution in [3.63, 3.8) is 0 Å². The van der Waals surface area contributed by atoms with Crippen LogP contribution in [-0.2, 0) is 16.4 Å². The molecule has 4 aromatic rings. The molecule has 0 saturated carbocycles. The molecule has 0 bridgehead atoms. The first kappa shape index (κ1) is 19.2. The van der Waals surface area contributed by atoms with E-state index in [1.54, 1.807) is 37.4 Å². The van der Waals surface area contributed by atoms with Gasteiger partial charge in [0.05, 0.1) is 16.9 Å². The maximum atomic E-state index is 13.2. The van der Waals surface area contributed by atoms with Gasteiger partial charge in [-0.3, -0.25) is 0 Å². The second kappa shape index (κ2) is 8.10. The Morgan fingerprint density at radius 2 is 1.79 bits per heavy atom. The van der Waals surface area contributed by atoms with E-state index >= 15 is 0 Å². The molecule has 0 atom stereocenters. The Labute approximate surface area is 172 Å². The minimum absolute atomic E-state index is 0.119. The van der Waals surface area contributed by atoms with Gasteiger partial charge in [0.1, 0.15) is 5.75 Å². The third-order valence-corrected chi connectivity index (χ3v) is 6.78. The van der Waals surface area contributed by atoms with Crippen molar-refractivity contribution >= 4 is 27.1 Å². The Balaban J connectivity index is 1.69. The monoisotopic (exact) mass is 426 g/mol. The topological polar surface area (TPSA) is 81.4 Å². The smallest absolute Gasteiger partial charge is 0.240 e. The fourth-order valence-electron chi connectivity index (χ4n) is 2.74. The number of rotatable bonds is 7. The lowest BCUT2D eigenvalue weighted by Gasteiger charge is -2.07. The standard InChI is InChI=1S/C21H18N2O4S2/c1-26-16-11-9-15(10-12-16)14-22-20-21(23-19(27-20)18-8-5-13-28-18)29(24,25)17-6-3-2-4-7-17/h2-13,22H,14H2,1H3. The highest BCUT2D eigenvalue weighted by Gasteiger charge is 2.28. The van der Waals surface area contributed by atoms with Crippen LogP contribution in [0, 0.1) is 0 Å². The second-order valence-electron chi connectivity index (χ2n) is 6.15. The molecule has 0 spiro atoms. The van der Waals surface area contributed by atoms with Gasteiger partial charge in [-0.15, -0.1) is 11.3 Å². The minimum atomic E-state index is -3.84. The lowest BCUT2D eigenvalue weighted by molar-refractivity contribution is 0.414. The van der Waals surface area contributed by atoms with E-state index in [1.807, 2.05) is 41.8 Å². The van der Waals surface area contributed by atoms with Crippen LogP contribution in [0.25, 0.3) is 10.8 Å². The summed E-state index contributed by atoms with van der Waals surface area (Å²) in [6.07, 6.45) is 0. The Morgan fingerprint density at radius 3 is 2.45 bits per heavy atom. The quantitative estimate of drug-likeness (QED) is 0.455. The van der Waals surface area contributed by atoms with E-state index in [2.05, 4.69) is 10.3 Å². The first-order valence-electron chi connectivity index (χ1n) is 8.79. The largest absolute Gasteiger partial charge is 0.497 e. The summed E-state index contributed by atoms with van der Waals surface area (Å²) in [4.78, 5) is 5.24. The van der Waals surface area contributed by atoms with Crippen LogP contribution in [0.5, 0.6) is 5.75 Å². The summed E-state index contributed by atoms with van der Waals surface area (Å²) in [6.45, 7) is 0.375. The summed E-state index contributed by atoms with van der Waals surface area (Å²) in [7, 11) is -2.23. The zero-order valence-electron chi connectivity index (χ0n) is 15.5. The van der Waals surface area contributed by atoms with Crippen LogP contribution in [0.15, 0.2) is 86.4 Å². The molecule has 4 rings (SSSR count). The molecule has 2 heterocycles. The lowest BCUT2D eigenvalue weighted by Crippen LogP contribution is -2.07. The molecule has 1 N–H and O–H groups in total. The van der Waals surface area contributed by atoms with Crippen LogP contribution in [0.3, 0.4) is 0 Å². The highest BCUT2D eigenvalue weighted by Crippen LogP contribution is 2.34. The third-order valence-electron chi connectivity index (χ3n) is 4.25. The van der Waals surface area contributed by atoms with E-state index < -0.39 is 9.84 Å². The summed E-state index contributed by atoms with van der Waals surface area (Å²) >= 11 is 1.43. The van der Waals surface area contributed by atoms with E-state index in [-0.39, 0.29) is 21.7 Å². The minimum Gasteiger partial charge on any atom is -0.497 e. The molecular formula is C21H18N2O4S2. The predicted molar refractivity (Wildman–Crippen MR) is 112 cm³/mol. The van der Waals surface area contributed by atoms with Crippen molar-refractivity contribution in [3.8, 4) is 16.5 Å². The molecule has 0 aliphatic rings. The molecule has 2 aromatic heterocycles. The average Bonchev–Trinajstić information content (AvgIpc) is 3.43. The number of anilines is 1. The SMILES string of the molecule is COc1ccc(CNc2oc(-c3cccs3)nc2S(=O)(=O)c2ccccc2)cc1. The molecular weight excluding hydrogens is 408 g/mol. The fraction of sp³-hybridized carbons (Fsp3) is 0.0952. The molecule has 0 aliphatic heterocycles. The van der Waals surface area contributed by atoms with E-state index in [1.165, 1.54) is 11.3 Å². The summed E-state index contributed by atoms with van der Waals surface area (Å²) in [5, 5.41) is 4.84. The van der Waals surface area contributed by atoms with Crippen molar-refractivity contribution in [2.45, 2.75) is 16.5 Å². The van der Waals surface area contributed by atoms with Gasteiger partial charge in [0.25, 0.3) is 0 Å². The second-order valence-corrected chi connectivity index (χ2v) is 8.96. The molecule has 148 valence electrons. The first-order chi connectivity index (χ1) is 14.1. The van der Waals surface area contributed by atoms with Gasteiger partial charge in [0.15, 0.2) is 0 Å². The summed E-state index contributed by atoms with van der Waals surface area (Å²) in [6, 6.07) is 19.4. The van der Waals surface area contributed by atoms with Crippen molar-refractivity contribution in [1.82, 2.24) is 4.98 Å². The third kappa shape index (κ3) is 4.03. The van der Waals surface area contributed by atoms with E-state index in [0.29, 0.717) is 6.54 Å². The van der Waals surface area contributed by atoms with E-state index in [0.717, 1.165) is 16.2 Å². The van der Waals surface area contributed by atoms with Crippen molar-refractivity contribution in [2.24, 2.45) is 0 Å². The Kier molecular flexibility index (Phi) is 5.37. The number of hydrogen-bond acceptors (Lipinski definition) is 7. The number of oxazole rings is 1. The van der Waals surface area contributed by atoms with Crippen molar-refractivity contribution in [2.75, 3.05) is 12.4 Å². The zero-order chi connectivity index (χ0) is 20.3. The van der Waals surface area contributed by atoms with Gasteiger partial charge in [-0.2, -0.15) is 4.98 Å². The molecule has 6 nitrogen and oxygen atoms in total. The van der Waals surface area contributed by atoms with Gasteiger partial charge in [-0.05, 0) is 41.3 Å². The Hall–Kier alpha value is -3.10. The first-order valence-corrected chi connectivity index (χ1v) is 11.2. The van der Waals surface area contributed by atoms with Crippen LogP contribution in [0.4, 0.5) is 5.88 Å². The number of benzene rings is 2. The van der Waals surface area contributed by atoms with Crippen molar-refractivity contribution in [1.29, 1.82) is 0 Å². The average molecular weight is 427 g/mol. The number of sulfone groups is 1. The van der Waals surface area contributed by atoms with Crippen LogP contribution in [-0.4, -0.2) is 20.5 Å². The lowest BCUT2D eigenvalue weighted by atomic mass is 10.2. The fourth-order valence-corrected chi connectivity index (χ4v) is 4.69. The highest BCUT2D eigenvalue weighted by atomic mass is 32.2. The van der Waals surface area contributed by atoms with Gasteiger partial charge in [0, 0.05) is 6.54 Å². The van der Waals surface area contributed by atoms with Crippen LogP contribution in [0.2, 0.25) is 0 Å². The number of methoxy groups -OCH3 is 1. The summed E-state index contributed by atoms with van der Waals surface area (Å²) in [5.74, 6) is 1.14. The summed E-state index contributed by atoms with van der Waals surface area (Å²) in [5.41, 5.74) is 0.947. The Bertz CT molecular complexity index is 1180. The molecule has 0 aliphatic carbocycles. The summed E-state index contributed by atoms with van der Waals surface area (Å²) < 4.78 is 37.3. The number of nitrogens with one attached hydrogen (secondary N) is 1. The van der Waals surface area contributed by atoms with Gasteiger partial charge >= 0.3 is 0 Å². The van der Waals surface area contributed by atoms with Gasteiger partial charge < -0.3 is 14.5 Å². The van der Waals surface area contributed by atoms with E-state index in [4.69, 9.17) is 9.15 Å². The highest BCUT2D eigenvalue weighted by molar-refractivity contribution is 7.91. The molecule has 8 heteroatoms. The molecule has 0 saturated heterocycles. The normalized spacial score (nSPS) is 11.3. The zero-order valence-corrected chi connectivity index (χ0v) is 17.2. The molecule has 0 fully saturated rings. The van der Waals surface area contributed by atoms with Crippen LogP contribution in [0.1, 0.15) is 5.56 Å². The number of ether oxygens (including phenoxy) is 1. The maximum Gasteiger partial charge on any atom is 0.240 e. The van der Waals surface area contributed by atoms with Gasteiger partial charge in [-0.25, -0.2) is 8.42 Å². The van der Waals surface area contributed by atoms with Crippen LogP contribution < -0.4 is 10.1 Å². The van der Waals surface area contributed by atoms with Gasteiger partial charge in [0.2, 0.25) is 26.6 Å². The number of nitrogens with zero attached hydrogens (tertiary/aromatic N) is 1. The number of hydrogen-bond donors (Lipinski definition) is 1. The molecule has 2 aromatic carbocycles. The molecule has 0 radical (unpaired) electrons. The Morgan fingerprint density at radius 1 is 1.03 bits per heavy atom. The van der Waals surface area contributed by atoms with Crippen molar-refractivity contribution in [3.05, 3.63) is 77.7 Å².